The lowest BCUT2D eigenvalue weighted by atomic mass is 9.87. The Hall–Kier alpha value is -2.07. The molecule has 0 radical (unpaired) electrons. The van der Waals surface area contributed by atoms with Gasteiger partial charge in [0.1, 0.15) is 10.9 Å². The van der Waals surface area contributed by atoms with E-state index in [2.05, 4.69) is 31.1 Å². The summed E-state index contributed by atoms with van der Waals surface area (Å²) in [4.78, 5) is 16.0. The number of halogens is 1. The molecule has 0 aliphatic heterocycles. The third kappa shape index (κ3) is 3.73. The van der Waals surface area contributed by atoms with Crippen LogP contribution in [0.25, 0.3) is 0 Å². The largest absolute Gasteiger partial charge is 0.506 e. The number of nitrogens with one attached hydrogen (secondary N) is 1. The van der Waals surface area contributed by atoms with Gasteiger partial charge >= 0.3 is 0 Å². The van der Waals surface area contributed by atoms with Gasteiger partial charge < -0.3 is 10.4 Å². The van der Waals surface area contributed by atoms with Gasteiger partial charge in [-0.15, -0.1) is 0 Å². The Balaban J connectivity index is 2.29. The summed E-state index contributed by atoms with van der Waals surface area (Å²) in [5, 5.41) is 12.8. The molecule has 4 nitrogen and oxygen atoms in total. The highest BCUT2D eigenvalue weighted by Gasteiger charge is 2.17. The Morgan fingerprint density at radius 3 is 2.57 bits per heavy atom. The standard InChI is InChI=1S/C16H17ClN2O2/c1-16(2,3)11-4-5-13(20)12(9-11)19-15(21)10-6-7-18-14(17)8-10/h4-9,20H,1-3H3,(H,19,21). The van der Waals surface area contributed by atoms with E-state index >= 15 is 0 Å². The third-order valence-electron chi connectivity index (χ3n) is 3.10. The maximum Gasteiger partial charge on any atom is 0.255 e. The first-order chi connectivity index (χ1) is 9.77. The Morgan fingerprint density at radius 1 is 1.24 bits per heavy atom. The zero-order valence-corrected chi connectivity index (χ0v) is 12.9. The van der Waals surface area contributed by atoms with Gasteiger partial charge in [0.2, 0.25) is 0 Å². The number of phenolic OH excluding ortho intramolecular Hbond substituents is 1. The summed E-state index contributed by atoms with van der Waals surface area (Å²) in [6.45, 7) is 6.19. The number of carbonyl (C=O) groups is 1. The van der Waals surface area contributed by atoms with Crippen molar-refractivity contribution in [1.82, 2.24) is 4.98 Å². The third-order valence-corrected chi connectivity index (χ3v) is 3.31. The molecule has 0 aliphatic rings. The van der Waals surface area contributed by atoms with Gasteiger partial charge in [-0.2, -0.15) is 0 Å². The highest BCUT2D eigenvalue weighted by molar-refractivity contribution is 6.29. The molecule has 21 heavy (non-hydrogen) atoms. The van der Waals surface area contributed by atoms with Gasteiger partial charge in [-0.25, -0.2) is 4.98 Å². The quantitative estimate of drug-likeness (QED) is 0.651. The van der Waals surface area contributed by atoms with E-state index in [4.69, 9.17) is 11.6 Å². The van der Waals surface area contributed by atoms with Gasteiger partial charge in [0, 0.05) is 11.8 Å². The molecular weight excluding hydrogens is 288 g/mol. The molecule has 0 saturated carbocycles. The molecule has 1 aromatic heterocycles. The Morgan fingerprint density at radius 2 is 1.95 bits per heavy atom. The number of nitrogens with zero attached hydrogens (tertiary/aromatic N) is 1. The fraction of sp³-hybridized carbons (Fsp3) is 0.250. The molecule has 0 atom stereocenters. The lowest BCUT2D eigenvalue weighted by Crippen LogP contribution is -2.15. The predicted molar refractivity (Wildman–Crippen MR) is 84.0 cm³/mol. The number of pyridine rings is 1. The molecule has 2 N–H and O–H groups in total. The van der Waals surface area contributed by atoms with E-state index in [-0.39, 0.29) is 22.2 Å². The fourth-order valence-corrected chi connectivity index (χ4v) is 2.01. The molecule has 1 amide bonds. The summed E-state index contributed by atoms with van der Waals surface area (Å²) < 4.78 is 0. The van der Waals surface area contributed by atoms with E-state index in [0.717, 1.165) is 5.56 Å². The lowest BCUT2D eigenvalue weighted by Gasteiger charge is -2.20. The predicted octanol–water partition coefficient (Wildman–Crippen LogP) is 3.99. The number of amides is 1. The van der Waals surface area contributed by atoms with Gasteiger partial charge in [-0.3, -0.25) is 4.79 Å². The van der Waals surface area contributed by atoms with Gasteiger partial charge in [0.15, 0.2) is 0 Å². The second-order valence-electron chi connectivity index (χ2n) is 5.80. The topological polar surface area (TPSA) is 62.2 Å². The maximum atomic E-state index is 12.2. The number of benzene rings is 1. The van der Waals surface area contributed by atoms with Crippen molar-refractivity contribution in [3.05, 3.63) is 52.8 Å². The summed E-state index contributed by atoms with van der Waals surface area (Å²) in [5.41, 5.74) is 1.70. The van der Waals surface area contributed by atoms with Crippen LogP contribution in [-0.2, 0) is 5.41 Å². The maximum absolute atomic E-state index is 12.2. The van der Waals surface area contributed by atoms with E-state index in [1.54, 1.807) is 18.2 Å². The lowest BCUT2D eigenvalue weighted by molar-refractivity contribution is 0.102. The first-order valence-corrected chi connectivity index (χ1v) is 6.91. The van der Waals surface area contributed by atoms with Crippen molar-refractivity contribution < 1.29 is 9.90 Å². The van der Waals surface area contributed by atoms with E-state index in [9.17, 15) is 9.90 Å². The van der Waals surface area contributed by atoms with Crippen molar-refractivity contribution in [1.29, 1.82) is 0 Å². The van der Waals surface area contributed by atoms with Crippen LogP contribution in [0.15, 0.2) is 36.5 Å². The molecular formula is C16H17ClN2O2. The normalized spacial score (nSPS) is 11.2. The molecule has 2 aromatic rings. The van der Waals surface area contributed by atoms with Crippen LogP contribution in [0.3, 0.4) is 0 Å². The molecule has 5 heteroatoms. The molecule has 1 heterocycles. The second-order valence-corrected chi connectivity index (χ2v) is 6.19. The summed E-state index contributed by atoms with van der Waals surface area (Å²) in [7, 11) is 0. The average Bonchev–Trinajstić information content (AvgIpc) is 2.40. The molecule has 0 unspecified atom stereocenters. The Kier molecular flexibility index (Phi) is 4.19. The fourth-order valence-electron chi connectivity index (χ4n) is 1.84. The van der Waals surface area contributed by atoms with Crippen LogP contribution >= 0.6 is 11.6 Å². The smallest absolute Gasteiger partial charge is 0.255 e. The molecule has 110 valence electrons. The summed E-state index contributed by atoms with van der Waals surface area (Å²) >= 11 is 5.77. The Labute approximate surface area is 128 Å². The highest BCUT2D eigenvalue weighted by atomic mass is 35.5. The van der Waals surface area contributed by atoms with Crippen LogP contribution in [-0.4, -0.2) is 16.0 Å². The number of aromatic nitrogens is 1. The minimum Gasteiger partial charge on any atom is -0.506 e. The zero-order chi connectivity index (χ0) is 15.6. The SMILES string of the molecule is CC(C)(C)c1ccc(O)c(NC(=O)c2ccnc(Cl)c2)c1. The van der Waals surface area contributed by atoms with Crippen LogP contribution < -0.4 is 5.32 Å². The number of hydrogen-bond donors (Lipinski definition) is 2. The van der Waals surface area contributed by atoms with Gasteiger partial charge in [0.05, 0.1) is 5.69 Å². The molecule has 0 spiro atoms. The second kappa shape index (κ2) is 5.74. The number of anilines is 1. The summed E-state index contributed by atoms with van der Waals surface area (Å²) in [6, 6.07) is 8.23. The number of aromatic hydroxyl groups is 1. The van der Waals surface area contributed by atoms with Crippen LogP contribution in [0.5, 0.6) is 5.75 Å². The van der Waals surface area contributed by atoms with E-state index in [1.807, 2.05) is 6.07 Å². The van der Waals surface area contributed by atoms with E-state index < -0.39 is 0 Å². The van der Waals surface area contributed by atoms with Crippen molar-refractivity contribution in [2.75, 3.05) is 5.32 Å². The van der Waals surface area contributed by atoms with Crippen molar-refractivity contribution >= 4 is 23.2 Å². The first-order valence-electron chi connectivity index (χ1n) is 6.54. The molecule has 0 saturated heterocycles. The zero-order valence-electron chi connectivity index (χ0n) is 12.1. The van der Waals surface area contributed by atoms with Gasteiger partial charge in [-0.05, 0) is 35.2 Å². The van der Waals surface area contributed by atoms with Crippen LogP contribution in [0.2, 0.25) is 5.15 Å². The Bertz CT molecular complexity index is 678. The van der Waals surface area contributed by atoms with Crippen molar-refractivity contribution in [3.8, 4) is 5.75 Å². The number of hydrogen-bond acceptors (Lipinski definition) is 3. The minimum absolute atomic E-state index is 0.0245. The van der Waals surface area contributed by atoms with Crippen molar-refractivity contribution in [2.24, 2.45) is 0 Å². The van der Waals surface area contributed by atoms with Crippen molar-refractivity contribution in [3.63, 3.8) is 0 Å². The van der Waals surface area contributed by atoms with E-state index in [0.29, 0.717) is 11.3 Å². The van der Waals surface area contributed by atoms with Gasteiger partial charge in [-0.1, -0.05) is 38.4 Å². The highest BCUT2D eigenvalue weighted by Crippen LogP contribution is 2.31. The molecule has 0 aliphatic carbocycles. The molecule has 2 rings (SSSR count). The molecule has 0 fully saturated rings. The number of rotatable bonds is 2. The van der Waals surface area contributed by atoms with Crippen LogP contribution in [0.1, 0.15) is 36.7 Å². The number of phenols is 1. The van der Waals surface area contributed by atoms with Crippen LogP contribution in [0, 0.1) is 0 Å². The van der Waals surface area contributed by atoms with Gasteiger partial charge in [0.25, 0.3) is 5.91 Å². The minimum atomic E-state index is -0.347. The summed E-state index contributed by atoms with van der Waals surface area (Å²) in [6.07, 6.45) is 1.46. The number of carbonyl (C=O) groups excluding carboxylic acids is 1. The monoisotopic (exact) mass is 304 g/mol. The van der Waals surface area contributed by atoms with E-state index in [1.165, 1.54) is 12.3 Å². The van der Waals surface area contributed by atoms with Crippen LogP contribution in [0.4, 0.5) is 5.69 Å². The first kappa shape index (κ1) is 15.3. The molecule has 0 bridgehead atoms. The van der Waals surface area contributed by atoms with Crippen molar-refractivity contribution in [2.45, 2.75) is 26.2 Å². The average molecular weight is 305 g/mol. The molecule has 1 aromatic carbocycles. The summed E-state index contributed by atoms with van der Waals surface area (Å²) in [5.74, 6) is -0.322.